The Morgan fingerprint density at radius 1 is 1.73 bits per heavy atom. The van der Waals surface area contributed by atoms with E-state index in [-0.39, 0.29) is 11.7 Å². The third-order valence-corrected chi connectivity index (χ3v) is 1.26. The fourth-order valence-electron chi connectivity index (χ4n) is 0.744. The number of nitrogens with one attached hydrogen (secondary N) is 1. The maximum absolute atomic E-state index is 11.0. The van der Waals surface area contributed by atoms with Crippen LogP contribution in [0.1, 0.15) is 16.1 Å². The molecule has 0 saturated carbocycles. The average molecular weight is 155 g/mol. The van der Waals surface area contributed by atoms with E-state index in [4.69, 9.17) is 4.42 Å². The summed E-state index contributed by atoms with van der Waals surface area (Å²) in [6.45, 7) is 1.79. The predicted molar refractivity (Wildman–Crippen MR) is 37.9 cm³/mol. The SMILES string of the molecule is CONC(=O)c1occc1C. The van der Waals surface area contributed by atoms with Gasteiger partial charge in [0, 0.05) is 5.56 Å². The van der Waals surface area contributed by atoms with Gasteiger partial charge >= 0.3 is 5.91 Å². The molecule has 1 aromatic heterocycles. The van der Waals surface area contributed by atoms with Gasteiger partial charge in [-0.3, -0.25) is 9.63 Å². The molecule has 0 radical (unpaired) electrons. The van der Waals surface area contributed by atoms with E-state index in [1.807, 2.05) is 0 Å². The molecule has 11 heavy (non-hydrogen) atoms. The van der Waals surface area contributed by atoms with Crippen molar-refractivity contribution in [2.75, 3.05) is 7.11 Å². The molecule has 0 fully saturated rings. The number of rotatable bonds is 2. The molecule has 4 nitrogen and oxygen atoms in total. The van der Waals surface area contributed by atoms with Crippen LogP contribution in [0.3, 0.4) is 0 Å². The lowest BCUT2D eigenvalue weighted by molar-refractivity contribution is 0.0509. The molecule has 1 heterocycles. The number of carbonyl (C=O) groups excluding carboxylic acids is 1. The Morgan fingerprint density at radius 2 is 2.45 bits per heavy atom. The van der Waals surface area contributed by atoms with Crippen molar-refractivity contribution in [2.24, 2.45) is 0 Å². The van der Waals surface area contributed by atoms with Crippen molar-refractivity contribution in [1.29, 1.82) is 0 Å². The predicted octanol–water partition coefficient (Wildman–Crippen LogP) is 0.879. The van der Waals surface area contributed by atoms with E-state index in [0.717, 1.165) is 5.56 Å². The van der Waals surface area contributed by atoms with Gasteiger partial charge in [-0.15, -0.1) is 0 Å². The standard InChI is InChI=1S/C7H9NO3/c1-5-3-4-11-6(5)7(9)8-10-2/h3-4H,1-2H3,(H,8,9). The second-order valence-electron chi connectivity index (χ2n) is 2.07. The van der Waals surface area contributed by atoms with Crippen LogP contribution in [-0.2, 0) is 4.84 Å². The highest BCUT2D eigenvalue weighted by atomic mass is 16.6. The number of carbonyl (C=O) groups is 1. The van der Waals surface area contributed by atoms with Gasteiger partial charge in [0.2, 0.25) is 0 Å². The van der Waals surface area contributed by atoms with E-state index in [9.17, 15) is 4.79 Å². The van der Waals surface area contributed by atoms with Gasteiger partial charge in [-0.1, -0.05) is 0 Å². The molecule has 1 rings (SSSR count). The highest BCUT2D eigenvalue weighted by Gasteiger charge is 2.10. The molecule has 4 heteroatoms. The molecule has 1 N–H and O–H groups in total. The molecule has 0 bridgehead atoms. The van der Waals surface area contributed by atoms with Crippen molar-refractivity contribution in [3.63, 3.8) is 0 Å². The highest BCUT2D eigenvalue weighted by molar-refractivity contribution is 5.91. The number of aryl methyl sites for hydroxylation is 1. The van der Waals surface area contributed by atoms with Crippen LogP contribution in [0.4, 0.5) is 0 Å². The molecule has 0 aliphatic rings. The zero-order chi connectivity index (χ0) is 8.27. The number of hydroxylamine groups is 1. The fourth-order valence-corrected chi connectivity index (χ4v) is 0.744. The second kappa shape index (κ2) is 3.21. The first-order valence-corrected chi connectivity index (χ1v) is 3.13. The molecule has 0 aliphatic heterocycles. The van der Waals surface area contributed by atoms with E-state index in [1.165, 1.54) is 13.4 Å². The first-order chi connectivity index (χ1) is 5.25. The van der Waals surface area contributed by atoms with Crippen LogP contribution in [0.5, 0.6) is 0 Å². The summed E-state index contributed by atoms with van der Waals surface area (Å²) in [6.07, 6.45) is 1.46. The van der Waals surface area contributed by atoms with Crippen LogP contribution in [0.25, 0.3) is 0 Å². The Labute approximate surface area is 64.1 Å². The van der Waals surface area contributed by atoms with Gasteiger partial charge in [0.25, 0.3) is 0 Å². The van der Waals surface area contributed by atoms with Crippen LogP contribution in [0, 0.1) is 6.92 Å². The van der Waals surface area contributed by atoms with Gasteiger partial charge in [0.05, 0.1) is 13.4 Å². The molecule has 0 atom stereocenters. The Kier molecular flexibility index (Phi) is 2.28. The summed E-state index contributed by atoms with van der Waals surface area (Å²) in [5.74, 6) is -0.0816. The van der Waals surface area contributed by atoms with Crippen molar-refractivity contribution in [3.05, 3.63) is 23.7 Å². The highest BCUT2D eigenvalue weighted by Crippen LogP contribution is 2.07. The van der Waals surface area contributed by atoms with Crippen molar-refractivity contribution in [3.8, 4) is 0 Å². The Hall–Kier alpha value is -1.29. The van der Waals surface area contributed by atoms with Crippen molar-refractivity contribution in [2.45, 2.75) is 6.92 Å². The summed E-state index contributed by atoms with van der Waals surface area (Å²) in [7, 11) is 1.37. The Balaban J connectivity index is 2.76. The maximum atomic E-state index is 11.0. The lowest BCUT2D eigenvalue weighted by atomic mass is 10.3. The largest absolute Gasteiger partial charge is 0.459 e. The molecule has 0 aliphatic carbocycles. The first kappa shape index (κ1) is 7.81. The summed E-state index contributed by atoms with van der Waals surface area (Å²) in [5, 5.41) is 0. The summed E-state index contributed by atoms with van der Waals surface area (Å²) < 4.78 is 4.89. The van der Waals surface area contributed by atoms with E-state index < -0.39 is 0 Å². The third-order valence-electron chi connectivity index (χ3n) is 1.26. The van der Waals surface area contributed by atoms with Gasteiger partial charge in [0.15, 0.2) is 5.76 Å². The molecule has 1 amide bonds. The summed E-state index contributed by atoms with van der Waals surface area (Å²) in [5.41, 5.74) is 2.95. The van der Waals surface area contributed by atoms with Gasteiger partial charge in [0.1, 0.15) is 0 Å². The van der Waals surface area contributed by atoms with E-state index in [0.29, 0.717) is 0 Å². The second-order valence-corrected chi connectivity index (χ2v) is 2.07. The Bertz CT molecular complexity index is 254. The molecule has 0 aromatic carbocycles. The number of furan rings is 1. The number of hydrogen-bond acceptors (Lipinski definition) is 3. The number of amides is 1. The molecule has 60 valence electrons. The molecular weight excluding hydrogens is 146 g/mol. The van der Waals surface area contributed by atoms with Crippen molar-refractivity contribution >= 4 is 5.91 Å². The van der Waals surface area contributed by atoms with Crippen LogP contribution in [-0.4, -0.2) is 13.0 Å². The number of hydrogen-bond donors (Lipinski definition) is 1. The van der Waals surface area contributed by atoms with Crippen molar-refractivity contribution in [1.82, 2.24) is 5.48 Å². The lowest BCUT2D eigenvalue weighted by Gasteiger charge is -1.97. The summed E-state index contributed by atoms with van der Waals surface area (Å²) in [6, 6.07) is 1.71. The van der Waals surface area contributed by atoms with Crippen LogP contribution < -0.4 is 5.48 Å². The van der Waals surface area contributed by atoms with Crippen LogP contribution >= 0.6 is 0 Å². The summed E-state index contributed by atoms with van der Waals surface area (Å²) in [4.78, 5) is 15.4. The molecule has 0 spiro atoms. The third kappa shape index (κ3) is 1.59. The molecular formula is C7H9NO3. The van der Waals surface area contributed by atoms with Crippen LogP contribution in [0.15, 0.2) is 16.7 Å². The van der Waals surface area contributed by atoms with Gasteiger partial charge in [-0.25, -0.2) is 5.48 Å². The summed E-state index contributed by atoms with van der Waals surface area (Å²) >= 11 is 0. The zero-order valence-electron chi connectivity index (χ0n) is 6.38. The van der Waals surface area contributed by atoms with E-state index >= 15 is 0 Å². The lowest BCUT2D eigenvalue weighted by Crippen LogP contribution is -2.21. The zero-order valence-corrected chi connectivity index (χ0v) is 6.38. The van der Waals surface area contributed by atoms with Gasteiger partial charge in [-0.2, -0.15) is 0 Å². The normalized spacial score (nSPS) is 9.64. The van der Waals surface area contributed by atoms with Crippen LogP contribution in [0.2, 0.25) is 0 Å². The van der Waals surface area contributed by atoms with E-state index in [1.54, 1.807) is 13.0 Å². The molecule has 0 saturated heterocycles. The minimum absolute atomic E-state index is 0.284. The fraction of sp³-hybridized carbons (Fsp3) is 0.286. The smallest absolute Gasteiger partial charge is 0.310 e. The minimum Gasteiger partial charge on any atom is -0.459 e. The van der Waals surface area contributed by atoms with E-state index in [2.05, 4.69) is 10.3 Å². The minimum atomic E-state index is -0.366. The van der Waals surface area contributed by atoms with Gasteiger partial charge < -0.3 is 4.42 Å². The monoisotopic (exact) mass is 155 g/mol. The molecule has 0 unspecified atom stereocenters. The average Bonchev–Trinajstić information content (AvgIpc) is 2.36. The first-order valence-electron chi connectivity index (χ1n) is 3.13. The quantitative estimate of drug-likeness (QED) is 0.645. The Morgan fingerprint density at radius 3 is 2.91 bits per heavy atom. The van der Waals surface area contributed by atoms with Gasteiger partial charge in [-0.05, 0) is 13.0 Å². The van der Waals surface area contributed by atoms with Crippen molar-refractivity contribution < 1.29 is 14.0 Å². The maximum Gasteiger partial charge on any atom is 0.310 e. The molecule has 1 aromatic rings. The topological polar surface area (TPSA) is 51.5 Å².